The Kier molecular flexibility index (Phi) is 4.26. The Bertz CT molecular complexity index is 458. The molecular weight excluding hydrogens is 309 g/mol. The second-order valence-electron chi connectivity index (χ2n) is 5.35. The van der Waals surface area contributed by atoms with E-state index in [4.69, 9.17) is 0 Å². The lowest BCUT2D eigenvalue weighted by molar-refractivity contribution is -0.138. The molecule has 0 saturated carbocycles. The average Bonchev–Trinajstić information content (AvgIpc) is 2.13. The number of hydrogen-bond acceptors (Lipinski definition) is 1. The number of benzene rings is 1. The lowest BCUT2D eigenvalue weighted by atomic mass is 9.86. The maximum absolute atomic E-state index is 12.8. The first-order chi connectivity index (χ1) is 8.00. The van der Waals surface area contributed by atoms with E-state index in [9.17, 15) is 18.0 Å². The van der Waals surface area contributed by atoms with Gasteiger partial charge in [-0.1, -0.05) is 36.7 Å². The number of Topliss-reactive ketones (excluding diaryl/α,β-unsaturated/α-hetero) is 1. The van der Waals surface area contributed by atoms with Crippen LogP contribution in [0, 0.1) is 5.41 Å². The summed E-state index contributed by atoms with van der Waals surface area (Å²) in [6.07, 6.45) is -4.44. The van der Waals surface area contributed by atoms with Crippen molar-refractivity contribution in [2.24, 2.45) is 5.41 Å². The number of rotatable bonds is 2. The van der Waals surface area contributed by atoms with E-state index in [0.717, 1.165) is 6.07 Å². The van der Waals surface area contributed by atoms with Crippen LogP contribution in [0.15, 0.2) is 22.7 Å². The maximum atomic E-state index is 12.8. The van der Waals surface area contributed by atoms with E-state index in [1.165, 1.54) is 12.1 Å². The van der Waals surface area contributed by atoms with Gasteiger partial charge in [-0.25, -0.2) is 0 Å². The van der Waals surface area contributed by atoms with Crippen LogP contribution in [0.25, 0.3) is 0 Å². The molecule has 0 radical (unpaired) electrons. The fourth-order valence-corrected chi connectivity index (χ4v) is 1.93. The lowest BCUT2D eigenvalue weighted by Crippen LogP contribution is -2.18. The molecule has 0 atom stereocenters. The quantitative estimate of drug-likeness (QED) is 0.693. The van der Waals surface area contributed by atoms with Crippen LogP contribution in [0.2, 0.25) is 0 Å². The van der Waals surface area contributed by atoms with Gasteiger partial charge >= 0.3 is 6.18 Å². The monoisotopic (exact) mass is 322 g/mol. The minimum Gasteiger partial charge on any atom is -0.294 e. The molecule has 0 saturated heterocycles. The smallest absolute Gasteiger partial charge is 0.294 e. The number of carbonyl (C=O) groups excluding carboxylic acids is 1. The zero-order valence-electron chi connectivity index (χ0n) is 10.4. The van der Waals surface area contributed by atoms with Gasteiger partial charge in [0, 0.05) is 16.5 Å². The average molecular weight is 323 g/mol. The van der Waals surface area contributed by atoms with Crippen molar-refractivity contribution in [3.8, 4) is 0 Å². The van der Waals surface area contributed by atoms with Crippen LogP contribution < -0.4 is 0 Å². The predicted octanol–water partition coefficient (Wildman–Crippen LogP) is 5.09. The van der Waals surface area contributed by atoms with Crippen LogP contribution >= 0.6 is 15.9 Å². The summed E-state index contributed by atoms with van der Waals surface area (Å²) in [5, 5.41) is 0. The Morgan fingerprint density at radius 2 is 1.78 bits per heavy atom. The number of carbonyl (C=O) groups is 1. The first kappa shape index (κ1) is 15.2. The number of hydrogen-bond donors (Lipinski definition) is 0. The Morgan fingerprint density at radius 3 is 2.22 bits per heavy atom. The third-order valence-corrected chi connectivity index (χ3v) is 2.77. The lowest BCUT2D eigenvalue weighted by Gasteiger charge is -2.19. The van der Waals surface area contributed by atoms with Gasteiger partial charge in [-0.3, -0.25) is 4.79 Å². The zero-order chi connectivity index (χ0) is 14.1. The molecule has 1 nitrogen and oxygen atoms in total. The third-order valence-electron chi connectivity index (χ3n) is 2.28. The first-order valence-electron chi connectivity index (χ1n) is 5.41. The number of ketones is 1. The molecule has 1 rings (SSSR count). The van der Waals surface area contributed by atoms with Crippen molar-refractivity contribution in [2.45, 2.75) is 33.4 Å². The molecule has 0 aliphatic rings. The highest BCUT2D eigenvalue weighted by Crippen LogP contribution is 2.35. The molecule has 0 aromatic heterocycles. The summed E-state index contributed by atoms with van der Waals surface area (Å²) in [6, 6.07) is 3.61. The van der Waals surface area contributed by atoms with Crippen molar-refractivity contribution in [3.63, 3.8) is 0 Å². The molecule has 1 aromatic carbocycles. The van der Waals surface area contributed by atoms with E-state index < -0.39 is 17.5 Å². The molecule has 0 fully saturated rings. The van der Waals surface area contributed by atoms with Crippen molar-refractivity contribution in [1.82, 2.24) is 0 Å². The third kappa shape index (κ3) is 4.12. The predicted molar refractivity (Wildman–Crippen MR) is 67.5 cm³/mol. The molecule has 1 aromatic rings. The maximum Gasteiger partial charge on any atom is 0.417 e. The summed E-state index contributed by atoms with van der Waals surface area (Å²) in [4.78, 5) is 11.9. The molecule has 0 N–H and O–H groups in total. The second-order valence-corrected chi connectivity index (χ2v) is 6.26. The summed E-state index contributed by atoms with van der Waals surface area (Å²) in [7, 11) is 0. The summed E-state index contributed by atoms with van der Waals surface area (Å²) in [5.41, 5.74) is -1.49. The Labute approximate surface area is 113 Å². The van der Waals surface area contributed by atoms with Crippen LogP contribution in [0.4, 0.5) is 13.2 Å². The summed E-state index contributed by atoms with van der Waals surface area (Å²) in [5.74, 6) is -0.484. The van der Waals surface area contributed by atoms with Crippen LogP contribution in [0.5, 0.6) is 0 Å². The van der Waals surface area contributed by atoms with Crippen LogP contribution in [-0.2, 0) is 6.18 Å². The van der Waals surface area contributed by atoms with Crippen molar-refractivity contribution in [3.05, 3.63) is 33.8 Å². The minimum atomic E-state index is -4.52. The standard InChI is InChI=1S/C13H14BrF3O/c1-12(2,3)7-11(18)9-5-4-8(14)6-10(9)13(15,16)17/h4-6H,7H2,1-3H3. The molecule has 0 spiro atoms. The molecule has 18 heavy (non-hydrogen) atoms. The summed E-state index contributed by atoms with van der Waals surface area (Å²) < 4.78 is 38.9. The van der Waals surface area contributed by atoms with Crippen LogP contribution in [-0.4, -0.2) is 5.78 Å². The van der Waals surface area contributed by atoms with E-state index in [0.29, 0.717) is 4.47 Å². The molecule has 0 amide bonds. The molecule has 0 aliphatic heterocycles. The van der Waals surface area contributed by atoms with Crippen molar-refractivity contribution < 1.29 is 18.0 Å². The van der Waals surface area contributed by atoms with Gasteiger partial charge in [-0.15, -0.1) is 0 Å². The largest absolute Gasteiger partial charge is 0.417 e. The van der Waals surface area contributed by atoms with E-state index in [2.05, 4.69) is 15.9 Å². The van der Waals surface area contributed by atoms with Gasteiger partial charge in [0.2, 0.25) is 0 Å². The van der Waals surface area contributed by atoms with E-state index in [-0.39, 0.29) is 17.4 Å². The normalized spacial score (nSPS) is 12.6. The van der Waals surface area contributed by atoms with Crippen molar-refractivity contribution >= 4 is 21.7 Å². The number of alkyl halides is 3. The van der Waals surface area contributed by atoms with Crippen LogP contribution in [0.3, 0.4) is 0 Å². The second kappa shape index (κ2) is 5.03. The van der Waals surface area contributed by atoms with Crippen molar-refractivity contribution in [2.75, 3.05) is 0 Å². The molecule has 0 aliphatic carbocycles. The molecule has 100 valence electrons. The van der Waals surface area contributed by atoms with Gasteiger partial charge in [-0.2, -0.15) is 13.2 Å². The topological polar surface area (TPSA) is 17.1 Å². The van der Waals surface area contributed by atoms with Gasteiger partial charge in [0.05, 0.1) is 5.56 Å². The van der Waals surface area contributed by atoms with E-state index >= 15 is 0 Å². The Hall–Kier alpha value is -0.840. The first-order valence-corrected chi connectivity index (χ1v) is 6.20. The highest BCUT2D eigenvalue weighted by Gasteiger charge is 2.35. The molecule has 0 bridgehead atoms. The fraction of sp³-hybridized carbons (Fsp3) is 0.462. The molecular formula is C13H14BrF3O. The molecule has 5 heteroatoms. The van der Waals surface area contributed by atoms with Gasteiger partial charge < -0.3 is 0 Å². The number of halogens is 4. The SMILES string of the molecule is CC(C)(C)CC(=O)c1ccc(Br)cc1C(F)(F)F. The van der Waals surface area contributed by atoms with Gasteiger partial charge in [-0.05, 0) is 23.6 Å². The van der Waals surface area contributed by atoms with Gasteiger partial charge in [0.1, 0.15) is 0 Å². The Morgan fingerprint density at radius 1 is 1.22 bits per heavy atom. The highest BCUT2D eigenvalue weighted by atomic mass is 79.9. The van der Waals surface area contributed by atoms with Gasteiger partial charge in [0.15, 0.2) is 5.78 Å². The van der Waals surface area contributed by atoms with E-state index in [1.807, 2.05) is 20.8 Å². The minimum absolute atomic E-state index is 0.0811. The molecule has 0 unspecified atom stereocenters. The Balaban J connectivity index is 3.21. The van der Waals surface area contributed by atoms with E-state index in [1.54, 1.807) is 0 Å². The molecule has 0 heterocycles. The highest BCUT2D eigenvalue weighted by molar-refractivity contribution is 9.10. The van der Waals surface area contributed by atoms with Crippen molar-refractivity contribution in [1.29, 1.82) is 0 Å². The van der Waals surface area contributed by atoms with Gasteiger partial charge in [0.25, 0.3) is 0 Å². The zero-order valence-corrected chi connectivity index (χ0v) is 11.9. The summed E-state index contributed by atoms with van der Waals surface area (Å²) >= 11 is 2.99. The fourth-order valence-electron chi connectivity index (χ4n) is 1.57. The summed E-state index contributed by atoms with van der Waals surface area (Å²) in [6.45, 7) is 5.45. The van der Waals surface area contributed by atoms with Crippen LogP contribution in [0.1, 0.15) is 43.1 Å².